The first-order valence-electron chi connectivity index (χ1n) is 9.29. The van der Waals surface area contributed by atoms with Crippen molar-refractivity contribution in [2.75, 3.05) is 13.2 Å². The fourth-order valence-corrected chi connectivity index (χ4v) is 3.65. The summed E-state index contributed by atoms with van der Waals surface area (Å²) in [6.07, 6.45) is 5.91. The zero-order valence-electron chi connectivity index (χ0n) is 14.7. The van der Waals surface area contributed by atoms with E-state index in [-0.39, 0.29) is 18.4 Å². The van der Waals surface area contributed by atoms with Gasteiger partial charge in [-0.2, -0.15) is 0 Å². The molecule has 1 aliphatic rings. The number of aryl methyl sites for hydroxylation is 2. The van der Waals surface area contributed by atoms with E-state index in [1.807, 2.05) is 18.2 Å². The van der Waals surface area contributed by atoms with E-state index in [0.29, 0.717) is 19.4 Å². The van der Waals surface area contributed by atoms with Crippen molar-refractivity contribution in [3.05, 3.63) is 70.8 Å². The highest BCUT2D eigenvalue weighted by Crippen LogP contribution is 2.22. The lowest BCUT2D eigenvalue weighted by Gasteiger charge is -2.18. The third kappa shape index (κ3) is 4.93. The van der Waals surface area contributed by atoms with E-state index in [1.54, 1.807) is 0 Å². The largest absolute Gasteiger partial charge is 0.396 e. The van der Waals surface area contributed by atoms with E-state index in [0.717, 1.165) is 17.5 Å². The Morgan fingerprint density at radius 2 is 1.80 bits per heavy atom. The van der Waals surface area contributed by atoms with Crippen LogP contribution in [0, 0.1) is 0 Å². The molecule has 1 amide bonds. The van der Waals surface area contributed by atoms with E-state index in [2.05, 4.69) is 35.6 Å². The summed E-state index contributed by atoms with van der Waals surface area (Å²) in [5.74, 6) is 0.202. The Kier molecular flexibility index (Phi) is 6.24. The summed E-state index contributed by atoms with van der Waals surface area (Å²) in [7, 11) is 0. The van der Waals surface area contributed by atoms with Gasteiger partial charge in [0.2, 0.25) is 5.91 Å². The Labute approximate surface area is 150 Å². The summed E-state index contributed by atoms with van der Waals surface area (Å²) in [5, 5.41) is 12.3. The first kappa shape index (κ1) is 17.7. The van der Waals surface area contributed by atoms with Gasteiger partial charge in [-0.3, -0.25) is 4.79 Å². The lowest BCUT2D eigenvalue weighted by atomic mass is 9.90. The van der Waals surface area contributed by atoms with Crippen LogP contribution in [0.4, 0.5) is 0 Å². The molecular formula is C22H27NO2. The number of aliphatic hydroxyl groups is 1. The van der Waals surface area contributed by atoms with Crippen LogP contribution in [0.3, 0.4) is 0 Å². The maximum absolute atomic E-state index is 12.3. The van der Waals surface area contributed by atoms with Crippen LogP contribution in [0.15, 0.2) is 48.5 Å². The Hall–Kier alpha value is -2.13. The van der Waals surface area contributed by atoms with Crippen molar-refractivity contribution in [2.24, 2.45) is 0 Å². The normalized spacial score (nSPS) is 14.6. The summed E-state index contributed by atoms with van der Waals surface area (Å²) in [5.41, 5.74) is 5.11. The van der Waals surface area contributed by atoms with Crippen LogP contribution in [0.25, 0.3) is 0 Å². The number of nitrogens with one attached hydrogen (secondary N) is 1. The Bertz CT molecular complexity index is 696. The van der Waals surface area contributed by atoms with Gasteiger partial charge in [0.15, 0.2) is 0 Å². The van der Waals surface area contributed by atoms with Gasteiger partial charge in [0.25, 0.3) is 0 Å². The number of hydrogen-bond acceptors (Lipinski definition) is 2. The van der Waals surface area contributed by atoms with Crippen LogP contribution < -0.4 is 5.32 Å². The predicted octanol–water partition coefficient (Wildman–Crippen LogP) is 3.39. The molecule has 132 valence electrons. The number of aliphatic hydroxyl groups excluding tert-OH is 1. The third-order valence-corrected chi connectivity index (χ3v) is 5.07. The van der Waals surface area contributed by atoms with Crippen LogP contribution in [0.1, 0.15) is 47.4 Å². The molecule has 0 bridgehead atoms. The molecule has 2 aromatic rings. The van der Waals surface area contributed by atoms with Crippen LogP contribution in [-0.2, 0) is 24.1 Å². The summed E-state index contributed by atoms with van der Waals surface area (Å²) in [6, 6.07) is 16.6. The molecule has 1 atom stereocenters. The quantitative estimate of drug-likeness (QED) is 0.814. The Balaban J connectivity index is 1.56. The molecule has 2 N–H and O–H groups in total. The second-order valence-corrected chi connectivity index (χ2v) is 6.91. The lowest BCUT2D eigenvalue weighted by Crippen LogP contribution is -2.30. The van der Waals surface area contributed by atoms with E-state index < -0.39 is 0 Å². The van der Waals surface area contributed by atoms with Gasteiger partial charge in [0.1, 0.15) is 0 Å². The molecule has 0 aromatic heterocycles. The number of carbonyl (C=O) groups is 1. The summed E-state index contributed by atoms with van der Waals surface area (Å²) < 4.78 is 0. The highest BCUT2D eigenvalue weighted by atomic mass is 16.3. The van der Waals surface area contributed by atoms with Gasteiger partial charge < -0.3 is 10.4 Å². The number of amides is 1. The van der Waals surface area contributed by atoms with Crippen LogP contribution in [0.2, 0.25) is 0 Å². The molecule has 1 aliphatic carbocycles. The smallest absolute Gasteiger partial charge is 0.224 e. The fourth-order valence-electron chi connectivity index (χ4n) is 3.65. The molecule has 0 radical (unpaired) electrons. The fraction of sp³-hybridized carbons (Fsp3) is 0.409. The molecule has 0 aliphatic heterocycles. The molecule has 0 fully saturated rings. The highest BCUT2D eigenvalue weighted by Gasteiger charge is 2.14. The van der Waals surface area contributed by atoms with Gasteiger partial charge in [-0.1, -0.05) is 48.5 Å². The van der Waals surface area contributed by atoms with Crippen molar-refractivity contribution in [1.82, 2.24) is 5.32 Å². The van der Waals surface area contributed by atoms with Crippen LogP contribution >= 0.6 is 0 Å². The molecule has 0 saturated heterocycles. The number of rotatable bonds is 7. The van der Waals surface area contributed by atoms with Crippen LogP contribution in [0.5, 0.6) is 0 Å². The number of hydrogen-bond donors (Lipinski definition) is 2. The number of carbonyl (C=O) groups excluding carboxylic acids is 1. The topological polar surface area (TPSA) is 49.3 Å². The monoisotopic (exact) mass is 337 g/mol. The van der Waals surface area contributed by atoms with E-state index in [4.69, 9.17) is 0 Å². The maximum atomic E-state index is 12.3. The molecule has 3 heteroatoms. The second kappa shape index (κ2) is 8.82. The first-order chi connectivity index (χ1) is 12.3. The average Bonchev–Trinajstić information content (AvgIpc) is 2.66. The lowest BCUT2D eigenvalue weighted by molar-refractivity contribution is -0.120. The zero-order chi connectivity index (χ0) is 17.5. The minimum Gasteiger partial charge on any atom is -0.396 e. The summed E-state index contributed by atoms with van der Waals surface area (Å²) >= 11 is 0. The number of fused-ring (bicyclic) bond motifs is 1. The van der Waals surface area contributed by atoms with Crippen LogP contribution in [-0.4, -0.2) is 24.2 Å². The van der Waals surface area contributed by atoms with E-state index in [9.17, 15) is 9.90 Å². The molecule has 0 spiro atoms. The summed E-state index contributed by atoms with van der Waals surface area (Å²) in [6.45, 7) is 0.689. The van der Waals surface area contributed by atoms with Crippen molar-refractivity contribution < 1.29 is 9.90 Å². The highest BCUT2D eigenvalue weighted by molar-refractivity contribution is 5.78. The van der Waals surface area contributed by atoms with Gasteiger partial charge in [-0.25, -0.2) is 0 Å². The van der Waals surface area contributed by atoms with E-state index >= 15 is 0 Å². The Morgan fingerprint density at radius 1 is 1.04 bits per heavy atom. The van der Waals surface area contributed by atoms with Crippen molar-refractivity contribution in [1.29, 1.82) is 0 Å². The molecular weight excluding hydrogens is 310 g/mol. The molecule has 1 unspecified atom stereocenters. The SMILES string of the molecule is O=C(Cc1ccc2c(c1)CCCC2)NCC(CCO)c1ccccc1. The molecule has 25 heavy (non-hydrogen) atoms. The predicted molar refractivity (Wildman–Crippen MR) is 101 cm³/mol. The zero-order valence-corrected chi connectivity index (χ0v) is 14.7. The van der Waals surface area contributed by atoms with Gasteiger partial charge >= 0.3 is 0 Å². The van der Waals surface area contributed by atoms with Crippen molar-refractivity contribution in [2.45, 2.75) is 44.4 Å². The number of benzene rings is 2. The van der Waals surface area contributed by atoms with Gasteiger partial charge in [0, 0.05) is 19.1 Å². The minimum absolute atomic E-state index is 0.0506. The second-order valence-electron chi connectivity index (χ2n) is 6.91. The summed E-state index contributed by atoms with van der Waals surface area (Å²) in [4.78, 5) is 12.3. The van der Waals surface area contributed by atoms with Crippen molar-refractivity contribution in [3.8, 4) is 0 Å². The maximum Gasteiger partial charge on any atom is 0.224 e. The van der Waals surface area contributed by atoms with Gasteiger partial charge in [-0.05, 0) is 54.4 Å². The first-order valence-corrected chi connectivity index (χ1v) is 9.29. The van der Waals surface area contributed by atoms with Crippen molar-refractivity contribution >= 4 is 5.91 Å². The molecule has 3 nitrogen and oxygen atoms in total. The third-order valence-electron chi connectivity index (χ3n) is 5.07. The van der Waals surface area contributed by atoms with Gasteiger partial charge in [0.05, 0.1) is 6.42 Å². The molecule has 0 heterocycles. The van der Waals surface area contributed by atoms with E-state index in [1.165, 1.54) is 30.4 Å². The molecule has 3 rings (SSSR count). The minimum atomic E-state index is 0.0506. The van der Waals surface area contributed by atoms with Gasteiger partial charge in [-0.15, -0.1) is 0 Å². The standard InChI is InChI=1S/C22H27NO2/c24-13-12-21(18-6-2-1-3-7-18)16-23-22(25)15-17-10-11-19-8-4-5-9-20(19)14-17/h1-3,6-7,10-11,14,21,24H,4-5,8-9,12-13,15-16H2,(H,23,25). The molecule has 0 saturated carbocycles. The average molecular weight is 337 g/mol. The Morgan fingerprint density at radius 3 is 2.56 bits per heavy atom. The molecule has 2 aromatic carbocycles. The van der Waals surface area contributed by atoms with Crippen molar-refractivity contribution in [3.63, 3.8) is 0 Å².